The highest BCUT2D eigenvalue weighted by atomic mass is 32.2. The monoisotopic (exact) mass is 277 g/mol. The van der Waals surface area contributed by atoms with Crippen molar-refractivity contribution in [3.8, 4) is 0 Å². The van der Waals surface area contributed by atoms with Crippen molar-refractivity contribution >= 4 is 29.2 Å². The van der Waals surface area contributed by atoms with E-state index in [0.717, 1.165) is 11.8 Å². The topological polar surface area (TPSA) is 114 Å². The van der Waals surface area contributed by atoms with Gasteiger partial charge >= 0.3 is 0 Å². The molecule has 0 aliphatic carbocycles. The zero-order valence-corrected chi connectivity index (χ0v) is 10.6. The first-order chi connectivity index (χ1) is 9.13. The molecule has 7 nitrogen and oxygen atoms in total. The van der Waals surface area contributed by atoms with Crippen LogP contribution in [-0.4, -0.2) is 26.6 Å². The molecule has 8 heteroatoms. The van der Waals surface area contributed by atoms with Crippen LogP contribution in [0.4, 0.5) is 11.5 Å². The second-order valence-corrected chi connectivity index (χ2v) is 4.51. The average Bonchev–Trinajstić information content (AvgIpc) is 2.36. The first kappa shape index (κ1) is 13.1. The molecule has 0 atom stereocenters. The molecular weight excluding hydrogens is 266 g/mol. The van der Waals surface area contributed by atoms with Gasteiger partial charge < -0.3 is 16.0 Å². The number of amides is 1. The average molecular weight is 277 g/mol. The Morgan fingerprint density at radius 2 is 2.16 bits per heavy atom. The van der Waals surface area contributed by atoms with E-state index < -0.39 is 0 Å². The summed E-state index contributed by atoms with van der Waals surface area (Å²) < 4.78 is 0. The van der Waals surface area contributed by atoms with Gasteiger partial charge in [0.1, 0.15) is 5.82 Å². The van der Waals surface area contributed by atoms with Crippen LogP contribution in [0.25, 0.3) is 0 Å². The number of rotatable bonds is 4. The highest BCUT2D eigenvalue weighted by Crippen LogP contribution is 2.12. The smallest absolute Gasteiger partial charge is 0.253 e. The molecule has 0 unspecified atom stereocenters. The maximum absolute atomic E-state index is 11.7. The van der Waals surface area contributed by atoms with Gasteiger partial charge in [-0.3, -0.25) is 14.6 Å². The fourth-order valence-corrected chi connectivity index (χ4v) is 1.97. The number of nitrogens with one attached hydrogen (secondary N) is 2. The molecule has 19 heavy (non-hydrogen) atoms. The minimum Gasteiger partial charge on any atom is -0.383 e. The summed E-state index contributed by atoms with van der Waals surface area (Å²) in [6.45, 7) is 0. The lowest BCUT2D eigenvalue weighted by Gasteiger charge is -2.04. The SMILES string of the molecule is Nc1cc(=O)[nH]c(SCC(=O)Nc2ccncc2)n1. The van der Waals surface area contributed by atoms with Crippen molar-refractivity contribution in [1.29, 1.82) is 0 Å². The van der Waals surface area contributed by atoms with E-state index in [1.165, 1.54) is 6.07 Å². The van der Waals surface area contributed by atoms with Crippen LogP contribution in [-0.2, 0) is 4.79 Å². The Morgan fingerprint density at radius 3 is 2.84 bits per heavy atom. The molecule has 0 aliphatic heterocycles. The third-order valence-corrected chi connectivity index (χ3v) is 2.92. The van der Waals surface area contributed by atoms with E-state index >= 15 is 0 Å². The normalized spacial score (nSPS) is 10.1. The lowest BCUT2D eigenvalue weighted by atomic mass is 10.4. The van der Waals surface area contributed by atoms with Crippen LogP contribution < -0.4 is 16.6 Å². The summed E-state index contributed by atoms with van der Waals surface area (Å²) in [6, 6.07) is 4.55. The van der Waals surface area contributed by atoms with Crippen molar-refractivity contribution in [1.82, 2.24) is 15.0 Å². The van der Waals surface area contributed by atoms with Gasteiger partial charge in [-0.2, -0.15) is 0 Å². The Kier molecular flexibility index (Phi) is 4.14. The summed E-state index contributed by atoms with van der Waals surface area (Å²) in [4.78, 5) is 33.1. The minimum absolute atomic E-state index is 0.120. The molecule has 0 spiro atoms. The first-order valence-corrected chi connectivity index (χ1v) is 6.31. The van der Waals surface area contributed by atoms with Crippen LogP contribution in [0, 0.1) is 0 Å². The maximum atomic E-state index is 11.7. The summed E-state index contributed by atoms with van der Waals surface area (Å²) in [5, 5.41) is 3.01. The van der Waals surface area contributed by atoms with Gasteiger partial charge in [0.15, 0.2) is 5.16 Å². The van der Waals surface area contributed by atoms with Crippen molar-refractivity contribution in [2.24, 2.45) is 0 Å². The number of anilines is 2. The molecule has 98 valence electrons. The van der Waals surface area contributed by atoms with E-state index in [-0.39, 0.29) is 23.0 Å². The number of pyridine rings is 1. The lowest BCUT2D eigenvalue weighted by molar-refractivity contribution is -0.113. The Hall–Kier alpha value is -2.35. The first-order valence-electron chi connectivity index (χ1n) is 5.33. The van der Waals surface area contributed by atoms with Crippen LogP contribution in [0.5, 0.6) is 0 Å². The zero-order valence-electron chi connectivity index (χ0n) is 9.79. The molecule has 0 aromatic carbocycles. The van der Waals surface area contributed by atoms with Gasteiger partial charge in [-0.05, 0) is 12.1 Å². The minimum atomic E-state index is -0.343. The van der Waals surface area contributed by atoms with E-state index in [4.69, 9.17) is 5.73 Å². The predicted octanol–water partition coefficient (Wildman–Crippen LogP) is 0.478. The number of nitrogens with zero attached hydrogens (tertiary/aromatic N) is 2. The number of thioether (sulfide) groups is 1. The van der Waals surface area contributed by atoms with Crippen LogP contribution in [0.15, 0.2) is 40.5 Å². The van der Waals surface area contributed by atoms with Gasteiger partial charge in [0.25, 0.3) is 5.56 Å². The summed E-state index contributed by atoms with van der Waals surface area (Å²) >= 11 is 1.10. The number of hydrogen-bond acceptors (Lipinski definition) is 6. The Morgan fingerprint density at radius 1 is 1.42 bits per heavy atom. The van der Waals surface area contributed by atoms with Crippen LogP contribution in [0.2, 0.25) is 0 Å². The number of aromatic nitrogens is 3. The van der Waals surface area contributed by atoms with E-state index in [1.807, 2.05) is 0 Å². The Bertz CT molecular complexity index is 628. The number of nitrogens with two attached hydrogens (primary N) is 1. The largest absolute Gasteiger partial charge is 0.383 e. The second kappa shape index (κ2) is 6.01. The number of carbonyl (C=O) groups is 1. The fourth-order valence-electron chi connectivity index (χ4n) is 1.29. The van der Waals surface area contributed by atoms with E-state index in [0.29, 0.717) is 10.8 Å². The second-order valence-electron chi connectivity index (χ2n) is 3.55. The highest BCUT2D eigenvalue weighted by molar-refractivity contribution is 7.99. The van der Waals surface area contributed by atoms with Gasteiger partial charge in [-0.15, -0.1) is 0 Å². The van der Waals surface area contributed by atoms with Gasteiger partial charge in [-0.25, -0.2) is 4.98 Å². The van der Waals surface area contributed by atoms with Crippen molar-refractivity contribution in [2.75, 3.05) is 16.8 Å². The summed E-state index contributed by atoms with van der Waals surface area (Å²) in [5.74, 6) is 0.0383. The number of H-pyrrole nitrogens is 1. The maximum Gasteiger partial charge on any atom is 0.253 e. The van der Waals surface area contributed by atoms with Crippen molar-refractivity contribution < 1.29 is 4.79 Å². The van der Waals surface area contributed by atoms with E-state index in [1.54, 1.807) is 24.5 Å². The molecule has 2 aromatic rings. The standard InChI is InChI=1S/C11H11N5O2S/c12-8-5-9(17)16-11(15-8)19-6-10(18)14-7-1-3-13-4-2-7/h1-5H,6H2,(H,13,14,18)(H3,12,15,16,17). The predicted molar refractivity (Wildman–Crippen MR) is 72.9 cm³/mol. The fraction of sp³-hybridized carbons (Fsp3) is 0.0909. The third-order valence-electron chi connectivity index (χ3n) is 2.04. The molecule has 2 rings (SSSR count). The number of aromatic amines is 1. The van der Waals surface area contributed by atoms with E-state index in [2.05, 4.69) is 20.3 Å². The van der Waals surface area contributed by atoms with Gasteiger partial charge in [-0.1, -0.05) is 11.8 Å². The molecule has 0 aliphatic rings. The molecule has 2 aromatic heterocycles. The molecule has 4 N–H and O–H groups in total. The summed E-state index contributed by atoms with van der Waals surface area (Å²) in [5.41, 5.74) is 5.76. The molecular formula is C11H11N5O2S. The number of hydrogen-bond donors (Lipinski definition) is 3. The Labute approximate surface area is 112 Å². The molecule has 0 bridgehead atoms. The lowest BCUT2D eigenvalue weighted by Crippen LogP contribution is -2.15. The third kappa shape index (κ3) is 4.11. The number of nitrogen functional groups attached to an aromatic ring is 1. The molecule has 0 radical (unpaired) electrons. The van der Waals surface area contributed by atoms with Crippen molar-refractivity contribution in [3.05, 3.63) is 40.9 Å². The summed E-state index contributed by atoms with van der Waals surface area (Å²) in [7, 11) is 0. The molecule has 0 fully saturated rings. The highest BCUT2D eigenvalue weighted by Gasteiger charge is 2.05. The molecule has 2 heterocycles. The number of carbonyl (C=O) groups excluding carboxylic acids is 1. The van der Waals surface area contributed by atoms with Gasteiger partial charge in [0.2, 0.25) is 5.91 Å². The molecule has 0 saturated carbocycles. The van der Waals surface area contributed by atoms with Crippen molar-refractivity contribution in [3.63, 3.8) is 0 Å². The van der Waals surface area contributed by atoms with E-state index in [9.17, 15) is 9.59 Å². The van der Waals surface area contributed by atoms with Crippen LogP contribution in [0.3, 0.4) is 0 Å². The van der Waals surface area contributed by atoms with Gasteiger partial charge in [0.05, 0.1) is 5.75 Å². The zero-order chi connectivity index (χ0) is 13.7. The molecule has 0 saturated heterocycles. The Balaban J connectivity index is 1.92. The van der Waals surface area contributed by atoms with Crippen molar-refractivity contribution in [2.45, 2.75) is 5.16 Å². The van der Waals surface area contributed by atoms with Crippen LogP contribution >= 0.6 is 11.8 Å². The molecule has 1 amide bonds. The summed E-state index contributed by atoms with van der Waals surface area (Å²) in [6.07, 6.45) is 3.17. The van der Waals surface area contributed by atoms with Crippen LogP contribution in [0.1, 0.15) is 0 Å². The van der Waals surface area contributed by atoms with Gasteiger partial charge in [0, 0.05) is 24.1 Å². The quantitative estimate of drug-likeness (QED) is 0.553.